The first-order chi connectivity index (χ1) is 9.08. The SMILES string of the molecule is CCNC1CCC(CC)CC1N(C)CCCN(C)C. The highest BCUT2D eigenvalue weighted by molar-refractivity contribution is 4.89. The van der Waals surface area contributed by atoms with Crippen molar-refractivity contribution < 1.29 is 0 Å². The Hall–Kier alpha value is -0.120. The lowest BCUT2D eigenvalue weighted by Gasteiger charge is -2.41. The highest BCUT2D eigenvalue weighted by atomic mass is 15.2. The number of nitrogens with zero attached hydrogens (tertiary/aromatic N) is 2. The van der Waals surface area contributed by atoms with Crippen molar-refractivity contribution in [3.05, 3.63) is 0 Å². The van der Waals surface area contributed by atoms with E-state index in [0.29, 0.717) is 6.04 Å². The third kappa shape index (κ3) is 5.80. The number of likely N-dealkylation sites (N-methyl/N-ethyl adjacent to an activating group) is 2. The summed E-state index contributed by atoms with van der Waals surface area (Å²) in [6, 6.07) is 1.44. The van der Waals surface area contributed by atoms with Crippen LogP contribution in [0.1, 0.15) is 46.0 Å². The highest BCUT2D eigenvalue weighted by Gasteiger charge is 2.31. The topological polar surface area (TPSA) is 18.5 Å². The van der Waals surface area contributed by atoms with Crippen LogP contribution in [-0.4, -0.2) is 62.7 Å². The molecule has 0 bridgehead atoms. The molecule has 1 N–H and O–H groups in total. The molecule has 0 heterocycles. The van der Waals surface area contributed by atoms with Crippen molar-refractivity contribution in [2.45, 2.75) is 58.0 Å². The molecule has 0 aliphatic heterocycles. The first-order valence-electron chi connectivity index (χ1n) is 8.16. The molecule has 3 heteroatoms. The zero-order valence-electron chi connectivity index (χ0n) is 13.8. The molecule has 0 aromatic carbocycles. The molecule has 19 heavy (non-hydrogen) atoms. The van der Waals surface area contributed by atoms with Gasteiger partial charge in [-0.05, 0) is 72.4 Å². The van der Waals surface area contributed by atoms with E-state index in [4.69, 9.17) is 0 Å². The maximum atomic E-state index is 3.71. The summed E-state index contributed by atoms with van der Waals surface area (Å²) in [6.45, 7) is 8.10. The average molecular weight is 269 g/mol. The number of hydrogen-bond donors (Lipinski definition) is 1. The van der Waals surface area contributed by atoms with Crippen molar-refractivity contribution in [3.8, 4) is 0 Å². The molecule has 3 unspecified atom stereocenters. The Labute approximate surface area is 120 Å². The Morgan fingerprint density at radius 3 is 2.37 bits per heavy atom. The van der Waals surface area contributed by atoms with E-state index in [-0.39, 0.29) is 0 Å². The van der Waals surface area contributed by atoms with E-state index in [1.165, 1.54) is 45.2 Å². The zero-order chi connectivity index (χ0) is 14.3. The Kier molecular flexibility index (Phi) is 7.96. The van der Waals surface area contributed by atoms with Gasteiger partial charge in [0.05, 0.1) is 0 Å². The van der Waals surface area contributed by atoms with Crippen molar-refractivity contribution in [3.63, 3.8) is 0 Å². The highest BCUT2D eigenvalue weighted by Crippen LogP contribution is 2.29. The minimum atomic E-state index is 0.706. The molecular formula is C16H35N3. The quantitative estimate of drug-likeness (QED) is 0.730. The van der Waals surface area contributed by atoms with E-state index < -0.39 is 0 Å². The molecule has 0 aromatic heterocycles. The van der Waals surface area contributed by atoms with Gasteiger partial charge in [0.15, 0.2) is 0 Å². The molecule has 1 aliphatic carbocycles. The molecular weight excluding hydrogens is 234 g/mol. The normalized spacial score (nSPS) is 28.3. The lowest BCUT2D eigenvalue weighted by atomic mass is 9.80. The molecule has 0 spiro atoms. The second kappa shape index (κ2) is 8.93. The van der Waals surface area contributed by atoms with Gasteiger partial charge in [0.1, 0.15) is 0 Å². The van der Waals surface area contributed by atoms with E-state index >= 15 is 0 Å². The summed E-state index contributed by atoms with van der Waals surface area (Å²) in [5, 5.41) is 3.71. The van der Waals surface area contributed by atoms with Crippen LogP contribution in [0, 0.1) is 5.92 Å². The third-order valence-corrected chi connectivity index (χ3v) is 4.65. The average Bonchev–Trinajstić information content (AvgIpc) is 2.39. The van der Waals surface area contributed by atoms with Crippen LogP contribution in [-0.2, 0) is 0 Å². The number of hydrogen-bond acceptors (Lipinski definition) is 3. The second-order valence-corrected chi connectivity index (χ2v) is 6.46. The minimum Gasteiger partial charge on any atom is -0.313 e. The fourth-order valence-electron chi connectivity index (χ4n) is 3.39. The fraction of sp³-hybridized carbons (Fsp3) is 1.00. The molecule has 3 nitrogen and oxygen atoms in total. The summed E-state index contributed by atoms with van der Waals surface area (Å²) in [7, 11) is 6.65. The van der Waals surface area contributed by atoms with Gasteiger partial charge in [0.2, 0.25) is 0 Å². The first-order valence-corrected chi connectivity index (χ1v) is 8.16. The zero-order valence-corrected chi connectivity index (χ0v) is 13.8. The molecule has 1 rings (SSSR count). The maximum Gasteiger partial charge on any atom is 0.0248 e. The molecule has 0 amide bonds. The largest absolute Gasteiger partial charge is 0.313 e. The van der Waals surface area contributed by atoms with Crippen LogP contribution in [0.2, 0.25) is 0 Å². The van der Waals surface area contributed by atoms with Crippen molar-refractivity contribution in [1.82, 2.24) is 15.1 Å². The summed E-state index contributed by atoms with van der Waals surface area (Å²) in [5.74, 6) is 0.941. The molecule has 0 saturated heterocycles. The van der Waals surface area contributed by atoms with Crippen LogP contribution in [0.4, 0.5) is 0 Å². The van der Waals surface area contributed by atoms with Crippen molar-refractivity contribution in [2.75, 3.05) is 40.8 Å². The Morgan fingerprint density at radius 2 is 1.79 bits per heavy atom. The Morgan fingerprint density at radius 1 is 1.05 bits per heavy atom. The standard InChI is InChI=1S/C16H35N3/c1-6-14-9-10-15(17-7-2)16(13-14)19(5)12-8-11-18(3)4/h14-17H,6-13H2,1-5H3. The van der Waals surface area contributed by atoms with Gasteiger partial charge in [-0.25, -0.2) is 0 Å². The number of rotatable bonds is 8. The smallest absolute Gasteiger partial charge is 0.0248 e. The molecule has 0 aromatic rings. The lowest BCUT2D eigenvalue weighted by molar-refractivity contribution is 0.115. The second-order valence-electron chi connectivity index (χ2n) is 6.46. The minimum absolute atomic E-state index is 0.706. The summed E-state index contributed by atoms with van der Waals surface area (Å²) in [6.07, 6.45) is 6.77. The van der Waals surface area contributed by atoms with Crippen LogP contribution in [0.25, 0.3) is 0 Å². The lowest BCUT2D eigenvalue weighted by Crippen LogP contribution is -2.52. The Balaban J connectivity index is 2.47. The van der Waals surface area contributed by atoms with E-state index in [1.807, 2.05) is 0 Å². The van der Waals surface area contributed by atoms with Crippen LogP contribution in [0.15, 0.2) is 0 Å². The van der Waals surface area contributed by atoms with Crippen LogP contribution >= 0.6 is 0 Å². The molecule has 3 atom stereocenters. The fourth-order valence-corrected chi connectivity index (χ4v) is 3.39. The summed E-state index contributed by atoms with van der Waals surface area (Å²) >= 11 is 0. The third-order valence-electron chi connectivity index (χ3n) is 4.65. The van der Waals surface area contributed by atoms with Gasteiger partial charge in [-0.1, -0.05) is 20.3 Å². The Bertz CT molecular complexity index is 230. The van der Waals surface area contributed by atoms with Gasteiger partial charge in [-0.15, -0.1) is 0 Å². The number of nitrogens with one attached hydrogen (secondary N) is 1. The van der Waals surface area contributed by atoms with Gasteiger partial charge in [0.25, 0.3) is 0 Å². The van der Waals surface area contributed by atoms with Gasteiger partial charge in [0, 0.05) is 12.1 Å². The van der Waals surface area contributed by atoms with Gasteiger partial charge < -0.3 is 15.1 Å². The van der Waals surface area contributed by atoms with E-state index in [2.05, 4.69) is 50.1 Å². The molecule has 114 valence electrons. The monoisotopic (exact) mass is 269 g/mol. The molecule has 1 aliphatic rings. The molecule has 1 fully saturated rings. The van der Waals surface area contributed by atoms with Crippen LogP contribution in [0.3, 0.4) is 0 Å². The molecule has 0 radical (unpaired) electrons. The summed E-state index contributed by atoms with van der Waals surface area (Å²) in [4.78, 5) is 4.89. The first kappa shape index (κ1) is 16.9. The molecule has 1 saturated carbocycles. The summed E-state index contributed by atoms with van der Waals surface area (Å²) < 4.78 is 0. The van der Waals surface area contributed by atoms with Gasteiger partial charge >= 0.3 is 0 Å². The predicted octanol–water partition coefficient (Wildman–Crippen LogP) is 2.43. The van der Waals surface area contributed by atoms with Crippen molar-refractivity contribution >= 4 is 0 Å². The van der Waals surface area contributed by atoms with E-state index in [9.17, 15) is 0 Å². The van der Waals surface area contributed by atoms with Gasteiger partial charge in [-0.2, -0.15) is 0 Å². The van der Waals surface area contributed by atoms with Crippen LogP contribution < -0.4 is 5.32 Å². The van der Waals surface area contributed by atoms with E-state index in [0.717, 1.165) is 18.5 Å². The predicted molar refractivity (Wildman–Crippen MR) is 84.7 cm³/mol. The van der Waals surface area contributed by atoms with E-state index in [1.54, 1.807) is 0 Å². The van der Waals surface area contributed by atoms with Crippen molar-refractivity contribution in [2.24, 2.45) is 5.92 Å². The van der Waals surface area contributed by atoms with Crippen LogP contribution in [0.5, 0.6) is 0 Å². The summed E-state index contributed by atoms with van der Waals surface area (Å²) in [5.41, 5.74) is 0. The van der Waals surface area contributed by atoms with Gasteiger partial charge in [-0.3, -0.25) is 0 Å². The maximum absolute atomic E-state index is 3.71. The van der Waals surface area contributed by atoms with Crippen molar-refractivity contribution in [1.29, 1.82) is 0 Å².